The molecule has 6 nitrogen and oxygen atoms in total. The number of nitrogens with zero attached hydrogens (tertiary/aromatic N) is 3. The Balaban J connectivity index is 1.79. The van der Waals surface area contributed by atoms with Crippen LogP contribution in [-0.4, -0.2) is 20.6 Å². The van der Waals surface area contributed by atoms with Crippen molar-refractivity contribution in [2.45, 2.75) is 6.92 Å². The van der Waals surface area contributed by atoms with Crippen LogP contribution in [0, 0.1) is 0 Å². The predicted octanol–water partition coefficient (Wildman–Crippen LogP) is 2.94. The second kappa shape index (κ2) is 6.94. The van der Waals surface area contributed by atoms with Crippen molar-refractivity contribution in [1.29, 1.82) is 0 Å². The van der Waals surface area contributed by atoms with Crippen LogP contribution in [-0.2, 0) is 4.79 Å². The molecule has 0 aliphatic rings. The summed E-state index contributed by atoms with van der Waals surface area (Å²) in [6, 6.07) is 14.1. The molecule has 0 amide bonds. The number of fused-ring (bicyclic) bond motifs is 1. The predicted molar refractivity (Wildman–Crippen MR) is 104 cm³/mol. The number of thiazole rings is 1. The van der Waals surface area contributed by atoms with Crippen molar-refractivity contribution in [2.24, 2.45) is 0 Å². The number of hydrogen-bond donors (Lipinski definition) is 0. The maximum atomic E-state index is 12.6. The van der Waals surface area contributed by atoms with Gasteiger partial charge >= 0.3 is 5.97 Å². The third-order valence-electron chi connectivity index (χ3n) is 3.73. The first-order valence-corrected chi connectivity index (χ1v) is 9.15. The number of esters is 1. The van der Waals surface area contributed by atoms with Crippen molar-refractivity contribution in [3.63, 3.8) is 0 Å². The summed E-state index contributed by atoms with van der Waals surface area (Å²) >= 11 is 7.12. The third-order valence-corrected chi connectivity index (χ3v) is 4.94. The van der Waals surface area contributed by atoms with Gasteiger partial charge in [-0.15, -0.1) is 5.10 Å². The smallest absolute Gasteiger partial charge is 0.308 e. The van der Waals surface area contributed by atoms with Crippen LogP contribution in [0.25, 0.3) is 22.4 Å². The van der Waals surface area contributed by atoms with Crippen molar-refractivity contribution in [2.75, 3.05) is 0 Å². The molecule has 4 aromatic rings. The second-order valence-electron chi connectivity index (χ2n) is 5.69. The Labute approximate surface area is 162 Å². The van der Waals surface area contributed by atoms with E-state index in [2.05, 4.69) is 10.1 Å². The van der Waals surface area contributed by atoms with Crippen molar-refractivity contribution in [1.82, 2.24) is 14.6 Å². The van der Waals surface area contributed by atoms with Crippen LogP contribution in [0.15, 0.2) is 53.3 Å². The lowest BCUT2D eigenvalue weighted by Crippen LogP contribution is -2.23. The molecular weight excluding hydrogens is 386 g/mol. The summed E-state index contributed by atoms with van der Waals surface area (Å²) in [5, 5.41) is 4.93. The Morgan fingerprint density at radius 3 is 2.63 bits per heavy atom. The zero-order chi connectivity index (χ0) is 19.0. The molecule has 0 spiro atoms. The summed E-state index contributed by atoms with van der Waals surface area (Å²) < 4.78 is 6.97. The number of carbonyl (C=O) groups excluding carboxylic acids is 1. The molecule has 0 fully saturated rings. The van der Waals surface area contributed by atoms with Crippen LogP contribution >= 0.6 is 22.9 Å². The fourth-order valence-corrected chi connectivity index (χ4v) is 3.59. The Bertz CT molecular complexity index is 1260. The standard InChI is InChI=1S/C19H12ClN3O3S/c1-11(24)26-15-5-3-2-4-14(15)17-21-19-23(22-17)18(25)16(27-19)10-12-6-8-13(20)9-7-12/h2-10H,1H3. The van der Waals surface area contributed by atoms with Crippen LogP contribution < -0.4 is 14.8 Å². The van der Waals surface area contributed by atoms with Crippen LogP contribution in [0.4, 0.5) is 0 Å². The Morgan fingerprint density at radius 2 is 1.93 bits per heavy atom. The topological polar surface area (TPSA) is 73.6 Å². The van der Waals surface area contributed by atoms with Gasteiger partial charge in [0.25, 0.3) is 5.56 Å². The van der Waals surface area contributed by atoms with Crippen LogP contribution in [0.3, 0.4) is 0 Å². The summed E-state index contributed by atoms with van der Waals surface area (Å²) in [4.78, 5) is 28.8. The highest BCUT2D eigenvalue weighted by atomic mass is 35.5. The maximum absolute atomic E-state index is 12.6. The van der Waals surface area contributed by atoms with Gasteiger partial charge in [-0.2, -0.15) is 9.50 Å². The molecular formula is C19H12ClN3O3S. The average Bonchev–Trinajstić information content (AvgIpc) is 3.17. The molecule has 4 rings (SSSR count). The number of carbonyl (C=O) groups is 1. The number of ether oxygens (including phenoxy) is 1. The molecule has 134 valence electrons. The molecule has 0 radical (unpaired) electrons. The van der Waals surface area contributed by atoms with E-state index in [0.29, 0.717) is 31.7 Å². The molecule has 2 heterocycles. The maximum Gasteiger partial charge on any atom is 0.308 e. The lowest BCUT2D eigenvalue weighted by atomic mass is 10.2. The minimum atomic E-state index is -0.437. The fraction of sp³-hybridized carbons (Fsp3) is 0.0526. The lowest BCUT2D eigenvalue weighted by Gasteiger charge is -2.04. The molecule has 2 aromatic carbocycles. The summed E-state index contributed by atoms with van der Waals surface area (Å²) in [5.41, 5.74) is 1.15. The Hall–Kier alpha value is -3.03. The third kappa shape index (κ3) is 3.47. The van der Waals surface area contributed by atoms with E-state index in [9.17, 15) is 9.59 Å². The number of halogens is 1. The average molecular weight is 398 g/mol. The van der Waals surface area contributed by atoms with Gasteiger partial charge in [-0.05, 0) is 35.9 Å². The number of benzene rings is 2. The van der Waals surface area contributed by atoms with Gasteiger partial charge in [0.2, 0.25) is 4.96 Å². The van der Waals surface area contributed by atoms with Crippen LogP contribution in [0.5, 0.6) is 5.75 Å². The first-order chi connectivity index (χ1) is 13.0. The molecule has 0 bridgehead atoms. The molecule has 0 aliphatic heterocycles. The van der Waals surface area contributed by atoms with Gasteiger partial charge < -0.3 is 4.74 Å². The van der Waals surface area contributed by atoms with Gasteiger partial charge in [0, 0.05) is 11.9 Å². The monoisotopic (exact) mass is 397 g/mol. The fourth-order valence-electron chi connectivity index (χ4n) is 2.55. The Kier molecular flexibility index (Phi) is 4.47. The summed E-state index contributed by atoms with van der Waals surface area (Å²) in [6.07, 6.45) is 1.77. The second-order valence-corrected chi connectivity index (χ2v) is 7.13. The van der Waals surface area contributed by atoms with Crippen LogP contribution in [0.2, 0.25) is 5.02 Å². The normalized spacial score (nSPS) is 11.9. The zero-order valence-corrected chi connectivity index (χ0v) is 15.6. The largest absolute Gasteiger partial charge is 0.426 e. The molecule has 0 N–H and O–H groups in total. The van der Waals surface area contributed by atoms with E-state index < -0.39 is 5.97 Å². The van der Waals surface area contributed by atoms with Gasteiger partial charge in [0.05, 0.1) is 10.1 Å². The van der Waals surface area contributed by atoms with Crippen molar-refractivity contribution >= 4 is 39.9 Å². The Morgan fingerprint density at radius 1 is 1.19 bits per heavy atom. The highest BCUT2D eigenvalue weighted by Gasteiger charge is 2.16. The number of para-hydroxylation sites is 1. The SMILES string of the molecule is CC(=O)Oc1ccccc1-c1nc2sc(=Cc3ccc(Cl)cc3)c(=O)n2n1. The van der Waals surface area contributed by atoms with E-state index >= 15 is 0 Å². The van der Waals surface area contributed by atoms with Crippen molar-refractivity contribution in [3.05, 3.63) is 74.0 Å². The molecule has 0 atom stereocenters. The van der Waals surface area contributed by atoms with Crippen molar-refractivity contribution in [3.8, 4) is 17.1 Å². The van der Waals surface area contributed by atoms with E-state index in [1.165, 1.54) is 22.8 Å². The van der Waals surface area contributed by atoms with E-state index in [0.717, 1.165) is 5.56 Å². The van der Waals surface area contributed by atoms with Gasteiger partial charge in [-0.1, -0.05) is 47.2 Å². The molecule has 0 unspecified atom stereocenters. The number of aromatic nitrogens is 3. The minimum absolute atomic E-state index is 0.256. The summed E-state index contributed by atoms with van der Waals surface area (Å²) in [6.45, 7) is 1.32. The number of rotatable bonds is 3. The zero-order valence-electron chi connectivity index (χ0n) is 14.0. The molecule has 0 saturated carbocycles. The summed E-state index contributed by atoms with van der Waals surface area (Å²) in [5.74, 6) is 0.240. The molecule has 8 heteroatoms. The van der Waals surface area contributed by atoms with Gasteiger partial charge in [0.15, 0.2) is 5.82 Å². The van der Waals surface area contributed by atoms with E-state index in [4.69, 9.17) is 16.3 Å². The first kappa shape index (κ1) is 17.4. The first-order valence-electron chi connectivity index (χ1n) is 7.96. The van der Waals surface area contributed by atoms with E-state index in [1.54, 1.807) is 42.5 Å². The molecule has 0 aliphatic carbocycles. The van der Waals surface area contributed by atoms with Gasteiger partial charge in [0.1, 0.15) is 5.75 Å². The van der Waals surface area contributed by atoms with E-state index in [1.807, 2.05) is 12.1 Å². The minimum Gasteiger partial charge on any atom is -0.426 e. The van der Waals surface area contributed by atoms with Gasteiger partial charge in [-0.25, -0.2) is 0 Å². The number of hydrogen-bond acceptors (Lipinski definition) is 6. The lowest BCUT2D eigenvalue weighted by molar-refractivity contribution is -0.131. The molecule has 27 heavy (non-hydrogen) atoms. The highest BCUT2D eigenvalue weighted by Crippen LogP contribution is 2.27. The van der Waals surface area contributed by atoms with Crippen LogP contribution in [0.1, 0.15) is 12.5 Å². The molecule has 2 aromatic heterocycles. The van der Waals surface area contributed by atoms with Crippen molar-refractivity contribution < 1.29 is 9.53 Å². The quantitative estimate of drug-likeness (QED) is 0.392. The van der Waals surface area contributed by atoms with E-state index in [-0.39, 0.29) is 5.56 Å². The summed E-state index contributed by atoms with van der Waals surface area (Å²) in [7, 11) is 0. The van der Waals surface area contributed by atoms with Gasteiger partial charge in [-0.3, -0.25) is 9.59 Å². The highest BCUT2D eigenvalue weighted by molar-refractivity contribution is 7.15. The molecule has 0 saturated heterocycles.